The van der Waals surface area contributed by atoms with Crippen LogP contribution in [0.5, 0.6) is 11.8 Å². The largest absolute Gasteiger partial charge is 0.480 e. The minimum Gasteiger partial charge on any atom is -0.480 e. The molecule has 21 heavy (non-hydrogen) atoms. The molecule has 0 spiro atoms. The van der Waals surface area contributed by atoms with E-state index in [1.54, 1.807) is 0 Å². The average molecular weight is 317 g/mol. The van der Waals surface area contributed by atoms with Gasteiger partial charge in [0.2, 0.25) is 11.8 Å². The molecule has 1 aliphatic rings. The van der Waals surface area contributed by atoms with Gasteiger partial charge in [0.05, 0.1) is 14.2 Å². The maximum absolute atomic E-state index is 12.2. The van der Waals surface area contributed by atoms with Crippen LogP contribution in [0.3, 0.4) is 0 Å². The lowest BCUT2D eigenvalue weighted by Gasteiger charge is -2.12. The lowest BCUT2D eigenvalue weighted by atomic mass is 10.1. The topological polar surface area (TPSA) is 85.4 Å². The number of amides is 1. The number of methoxy groups -OCH3 is 2. The van der Waals surface area contributed by atoms with E-state index in [4.69, 9.17) is 9.47 Å². The second kappa shape index (κ2) is 8.63. The molecule has 2 heterocycles. The van der Waals surface area contributed by atoms with Crippen molar-refractivity contribution < 1.29 is 14.3 Å². The first-order valence-electron chi connectivity index (χ1n) is 6.68. The molecule has 8 heteroatoms. The number of carbonyl (C=O) groups excluding carboxylic acids is 1. The monoisotopic (exact) mass is 316 g/mol. The van der Waals surface area contributed by atoms with Gasteiger partial charge in [-0.25, -0.2) is 9.97 Å². The minimum atomic E-state index is -0.273. The Balaban J connectivity index is 0.00000220. The maximum atomic E-state index is 12.2. The van der Waals surface area contributed by atoms with Crippen molar-refractivity contribution in [1.82, 2.24) is 20.6 Å². The van der Waals surface area contributed by atoms with Gasteiger partial charge in [-0.05, 0) is 31.8 Å². The van der Waals surface area contributed by atoms with Crippen molar-refractivity contribution in [1.29, 1.82) is 0 Å². The van der Waals surface area contributed by atoms with Crippen molar-refractivity contribution in [2.45, 2.75) is 12.8 Å². The van der Waals surface area contributed by atoms with Gasteiger partial charge in [0.1, 0.15) is 6.33 Å². The Bertz CT molecular complexity index is 444. The zero-order valence-electron chi connectivity index (χ0n) is 12.2. The van der Waals surface area contributed by atoms with Gasteiger partial charge in [-0.15, -0.1) is 12.4 Å². The predicted molar refractivity (Wildman–Crippen MR) is 80.3 cm³/mol. The highest BCUT2D eigenvalue weighted by molar-refractivity contribution is 5.98. The Labute approximate surface area is 130 Å². The van der Waals surface area contributed by atoms with E-state index in [2.05, 4.69) is 20.6 Å². The molecule has 1 amide bonds. The molecule has 0 saturated carbocycles. The van der Waals surface area contributed by atoms with Crippen molar-refractivity contribution >= 4 is 18.3 Å². The van der Waals surface area contributed by atoms with Crippen LogP contribution in [0.4, 0.5) is 0 Å². The second-order valence-electron chi connectivity index (χ2n) is 4.67. The molecule has 1 unspecified atom stereocenters. The first-order chi connectivity index (χ1) is 9.76. The van der Waals surface area contributed by atoms with Crippen LogP contribution in [0.1, 0.15) is 23.2 Å². The van der Waals surface area contributed by atoms with Gasteiger partial charge in [-0.3, -0.25) is 4.79 Å². The van der Waals surface area contributed by atoms with Crippen LogP contribution in [0, 0.1) is 5.92 Å². The third kappa shape index (κ3) is 4.44. The highest BCUT2D eigenvalue weighted by atomic mass is 35.5. The van der Waals surface area contributed by atoms with E-state index in [-0.39, 0.29) is 35.6 Å². The molecule has 1 aromatic heterocycles. The molecule has 118 valence electrons. The number of nitrogens with zero attached hydrogens (tertiary/aromatic N) is 2. The summed E-state index contributed by atoms with van der Waals surface area (Å²) >= 11 is 0. The Morgan fingerprint density at radius 1 is 1.38 bits per heavy atom. The quantitative estimate of drug-likeness (QED) is 0.801. The third-order valence-electron chi connectivity index (χ3n) is 3.39. The van der Waals surface area contributed by atoms with E-state index in [1.165, 1.54) is 20.5 Å². The fourth-order valence-electron chi connectivity index (χ4n) is 2.30. The van der Waals surface area contributed by atoms with Crippen LogP contribution in [-0.2, 0) is 0 Å². The van der Waals surface area contributed by atoms with Crippen LogP contribution < -0.4 is 20.1 Å². The number of ether oxygens (including phenoxy) is 2. The average Bonchev–Trinajstić information content (AvgIpc) is 2.99. The number of halogens is 1. The van der Waals surface area contributed by atoms with E-state index in [0.29, 0.717) is 12.5 Å². The fraction of sp³-hybridized carbons (Fsp3) is 0.615. The van der Waals surface area contributed by atoms with Gasteiger partial charge in [0, 0.05) is 6.54 Å². The highest BCUT2D eigenvalue weighted by Gasteiger charge is 2.21. The minimum absolute atomic E-state index is 0. The van der Waals surface area contributed by atoms with Crippen molar-refractivity contribution in [2.24, 2.45) is 5.92 Å². The van der Waals surface area contributed by atoms with Crippen molar-refractivity contribution in [3.05, 3.63) is 11.9 Å². The summed E-state index contributed by atoms with van der Waals surface area (Å²) in [6.07, 6.45) is 3.42. The molecule has 1 aromatic rings. The number of hydrogen-bond acceptors (Lipinski definition) is 6. The molecular formula is C13H21ClN4O3. The summed E-state index contributed by atoms with van der Waals surface area (Å²) in [6.45, 7) is 2.70. The van der Waals surface area contributed by atoms with Crippen molar-refractivity contribution in [3.63, 3.8) is 0 Å². The van der Waals surface area contributed by atoms with E-state index < -0.39 is 0 Å². The van der Waals surface area contributed by atoms with Gasteiger partial charge in [0.15, 0.2) is 5.56 Å². The lowest BCUT2D eigenvalue weighted by molar-refractivity contribution is 0.0943. The summed E-state index contributed by atoms with van der Waals surface area (Å²) in [4.78, 5) is 20.1. The molecule has 1 fully saturated rings. The number of rotatable bonds is 6. The van der Waals surface area contributed by atoms with Crippen molar-refractivity contribution in [2.75, 3.05) is 33.9 Å². The van der Waals surface area contributed by atoms with E-state index in [9.17, 15) is 4.79 Å². The van der Waals surface area contributed by atoms with Gasteiger partial charge < -0.3 is 20.1 Å². The summed E-state index contributed by atoms with van der Waals surface area (Å²) in [7, 11) is 2.92. The number of carbonyl (C=O) groups is 1. The van der Waals surface area contributed by atoms with Crippen LogP contribution in [0.25, 0.3) is 0 Å². The van der Waals surface area contributed by atoms with Crippen LogP contribution in [-0.4, -0.2) is 49.7 Å². The highest BCUT2D eigenvalue weighted by Crippen LogP contribution is 2.23. The van der Waals surface area contributed by atoms with Crippen LogP contribution in [0.2, 0.25) is 0 Å². The number of hydrogen-bond donors (Lipinski definition) is 2. The molecule has 2 N–H and O–H groups in total. The fourth-order valence-corrected chi connectivity index (χ4v) is 2.30. The normalized spacial score (nSPS) is 17.0. The number of nitrogens with one attached hydrogen (secondary N) is 2. The number of aromatic nitrogens is 2. The predicted octanol–water partition coefficient (Wildman–Crippen LogP) is 0.645. The van der Waals surface area contributed by atoms with Gasteiger partial charge in [0.25, 0.3) is 5.91 Å². The molecular weight excluding hydrogens is 296 g/mol. The molecule has 0 aromatic carbocycles. The van der Waals surface area contributed by atoms with E-state index in [1.807, 2.05) is 0 Å². The summed E-state index contributed by atoms with van der Waals surface area (Å²) in [5, 5.41) is 6.17. The molecule has 1 atom stereocenters. The summed E-state index contributed by atoms with van der Waals surface area (Å²) in [5.41, 5.74) is 0.238. The summed E-state index contributed by atoms with van der Waals surface area (Å²) in [5.74, 6) is 0.796. The van der Waals surface area contributed by atoms with Crippen molar-refractivity contribution in [3.8, 4) is 11.8 Å². The Hall–Kier alpha value is -1.60. The molecule has 1 saturated heterocycles. The SMILES string of the molecule is COc1ncnc(OC)c1C(=O)NCCC1CCNC1.Cl. The summed E-state index contributed by atoms with van der Waals surface area (Å²) < 4.78 is 10.2. The maximum Gasteiger partial charge on any atom is 0.262 e. The van der Waals surface area contributed by atoms with Crippen LogP contribution in [0.15, 0.2) is 6.33 Å². The zero-order valence-corrected chi connectivity index (χ0v) is 13.0. The van der Waals surface area contributed by atoms with Crippen LogP contribution >= 0.6 is 12.4 Å². The first-order valence-corrected chi connectivity index (χ1v) is 6.68. The molecule has 7 nitrogen and oxygen atoms in total. The second-order valence-corrected chi connectivity index (χ2v) is 4.67. The Kier molecular flexibility index (Phi) is 7.18. The Morgan fingerprint density at radius 2 is 2.05 bits per heavy atom. The molecule has 2 rings (SSSR count). The van der Waals surface area contributed by atoms with Gasteiger partial charge >= 0.3 is 0 Å². The lowest BCUT2D eigenvalue weighted by Crippen LogP contribution is -2.27. The first kappa shape index (κ1) is 17.5. The third-order valence-corrected chi connectivity index (χ3v) is 3.39. The molecule has 0 radical (unpaired) electrons. The Morgan fingerprint density at radius 3 is 2.57 bits per heavy atom. The molecule has 0 aliphatic carbocycles. The molecule has 1 aliphatic heterocycles. The van der Waals surface area contributed by atoms with E-state index >= 15 is 0 Å². The zero-order chi connectivity index (χ0) is 14.4. The smallest absolute Gasteiger partial charge is 0.262 e. The van der Waals surface area contributed by atoms with E-state index in [0.717, 1.165) is 25.9 Å². The molecule has 0 bridgehead atoms. The van der Waals surface area contributed by atoms with Gasteiger partial charge in [-0.2, -0.15) is 0 Å². The standard InChI is InChI=1S/C13H20N4O3.ClH/c1-19-12-10(13(20-2)17-8-16-12)11(18)15-6-4-9-3-5-14-7-9;/h8-9,14H,3-7H2,1-2H3,(H,15,18);1H. The van der Waals surface area contributed by atoms with Gasteiger partial charge in [-0.1, -0.05) is 0 Å². The summed E-state index contributed by atoms with van der Waals surface area (Å²) in [6, 6.07) is 0.